The van der Waals surface area contributed by atoms with Crippen molar-refractivity contribution in [3.8, 4) is 0 Å². The second-order valence-electron chi connectivity index (χ2n) is 6.49. The van der Waals surface area contributed by atoms with Crippen LogP contribution in [0, 0.1) is 5.92 Å². The molecule has 0 atom stereocenters. The number of aryl methyl sites for hydroxylation is 2. The fraction of sp³-hybridized carbons (Fsp3) is 0.706. The monoisotopic (exact) mass is 307 g/mol. The molecule has 1 heterocycles. The molecule has 21 heavy (non-hydrogen) atoms. The van der Waals surface area contributed by atoms with Gasteiger partial charge in [-0.3, -0.25) is 4.79 Å². The Morgan fingerprint density at radius 2 is 1.95 bits per heavy atom. The first kappa shape index (κ1) is 15.0. The number of thiophene rings is 1. The standard InChI is InChI=1S/C17H25NO2S/c19-11-12-6-8-14(9-7-12)18-17(20)16-10-13-4-2-1-3-5-15(13)21-16/h10,12,14,19H,1-9,11H2,(H,18,20). The summed E-state index contributed by atoms with van der Waals surface area (Å²) < 4.78 is 0. The van der Waals surface area contributed by atoms with E-state index in [0.717, 1.165) is 43.4 Å². The molecule has 3 rings (SSSR count). The molecule has 2 aliphatic carbocycles. The Bertz CT molecular complexity index is 465. The molecule has 0 aliphatic heterocycles. The van der Waals surface area contributed by atoms with E-state index in [2.05, 4.69) is 11.4 Å². The first-order valence-corrected chi connectivity index (χ1v) is 9.11. The smallest absolute Gasteiger partial charge is 0.261 e. The number of nitrogens with one attached hydrogen (secondary N) is 1. The number of aliphatic hydroxyl groups excluding tert-OH is 1. The fourth-order valence-corrected chi connectivity index (χ4v) is 4.68. The predicted molar refractivity (Wildman–Crippen MR) is 85.9 cm³/mol. The summed E-state index contributed by atoms with van der Waals surface area (Å²) in [5.41, 5.74) is 1.41. The van der Waals surface area contributed by atoms with Crippen molar-refractivity contribution in [2.24, 2.45) is 5.92 Å². The number of fused-ring (bicyclic) bond motifs is 1. The van der Waals surface area contributed by atoms with Crippen molar-refractivity contribution < 1.29 is 9.90 Å². The second-order valence-corrected chi connectivity index (χ2v) is 7.63. The Hall–Kier alpha value is -0.870. The maximum Gasteiger partial charge on any atom is 0.261 e. The van der Waals surface area contributed by atoms with Crippen molar-refractivity contribution in [3.05, 3.63) is 21.4 Å². The van der Waals surface area contributed by atoms with Gasteiger partial charge < -0.3 is 10.4 Å². The topological polar surface area (TPSA) is 49.3 Å². The van der Waals surface area contributed by atoms with Gasteiger partial charge >= 0.3 is 0 Å². The zero-order chi connectivity index (χ0) is 14.7. The highest BCUT2D eigenvalue weighted by Gasteiger charge is 2.23. The minimum absolute atomic E-state index is 0.112. The molecule has 0 radical (unpaired) electrons. The van der Waals surface area contributed by atoms with Gasteiger partial charge in [-0.15, -0.1) is 11.3 Å². The first-order valence-electron chi connectivity index (χ1n) is 8.29. The van der Waals surface area contributed by atoms with Crippen molar-refractivity contribution in [1.82, 2.24) is 5.32 Å². The summed E-state index contributed by atoms with van der Waals surface area (Å²) in [6.45, 7) is 0.290. The summed E-state index contributed by atoms with van der Waals surface area (Å²) in [7, 11) is 0. The SMILES string of the molecule is O=C(NC1CCC(CO)CC1)c1cc2c(s1)CCCCC2. The van der Waals surface area contributed by atoms with Gasteiger partial charge in [0.05, 0.1) is 4.88 Å². The summed E-state index contributed by atoms with van der Waals surface area (Å²) in [4.78, 5) is 14.7. The summed E-state index contributed by atoms with van der Waals surface area (Å²) in [6.07, 6.45) is 10.2. The van der Waals surface area contributed by atoms with E-state index in [0.29, 0.717) is 12.0 Å². The lowest BCUT2D eigenvalue weighted by atomic mass is 9.86. The van der Waals surface area contributed by atoms with Crippen LogP contribution < -0.4 is 5.32 Å². The Morgan fingerprint density at radius 3 is 2.71 bits per heavy atom. The molecule has 2 aliphatic rings. The number of carbonyl (C=O) groups is 1. The van der Waals surface area contributed by atoms with E-state index in [1.807, 2.05) is 0 Å². The normalized spacial score (nSPS) is 26.0. The van der Waals surface area contributed by atoms with Crippen molar-refractivity contribution in [1.29, 1.82) is 0 Å². The third-order valence-electron chi connectivity index (χ3n) is 4.91. The first-order chi connectivity index (χ1) is 10.3. The van der Waals surface area contributed by atoms with Gasteiger partial charge in [0.25, 0.3) is 5.91 Å². The van der Waals surface area contributed by atoms with E-state index in [9.17, 15) is 4.79 Å². The number of amides is 1. The van der Waals surface area contributed by atoms with Gasteiger partial charge in [-0.05, 0) is 68.9 Å². The highest BCUT2D eigenvalue weighted by Crippen LogP contribution is 2.29. The van der Waals surface area contributed by atoms with Crippen LogP contribution in [0.1, 0.15) is 65.1 Å². The maximum atomic E-state index is 12.4. The summed E-state index contributed by atoms with van der Waals surface area (Å²) >= 11 is 1.70. The molecule has 0 spiro atoms. The lowest BCUT2D eigenvalue weighted by molar-refractivity contribution is 0.0918. The largest absolute Gasteiger partial charge is 0.396 e. The third kappa shape index (κ3) is 3.67. The molecule has 1 fully saturated rings. The summed E-state index contributed by atoms with van der Waals surface area (Å²) in [5.74, 6) is 0.552. The number of carbonyl (C=O) groups excluding carboxylic acids is 1. The molecular formula is C17H25NO2S. The van der Waals surface area contributed by atoms with E-state index < -0.39 is 0 Å². The van der Waals surface area contributed by atoms with Gasteiger partial charge in [0.15, 0.2) is 0 Å². The number of rotatable bonds is 3. The zero-order valence-corrected chi connectivity index (χ0v) is 13.4. The van der Waals surface area contributed by atoms with Gasteiger partial charge in [0, 0.05) is 17.5 Å². The maximum absolute atomic E-state index is 12.4. The molecule has 1 aromatic rings. The lowest BCUT2D eigenvalue weighted by Gasteiger charge is -2.27. The predicted octanol–water partition coefficient (Wildman–Crippen LogP) is 3.30. The van der Waals surface area contributed by atoms with Crippen molar-refractivity contribution in [2.45, 2.75) is 63.8 Å². The zero-order valence-electron chi connectivity index (χ0n) is 12.6. The minimum Gasteiger partial charge on any atom is -0.396 e. The van der Waals surface area contributed by atoms with Gasteiger partial charge in [-0.25, -0.2) is 0 Å². The molecule has 2 N–H and O–H groups in total. The summed E-state index contributed by atoms with van der Waals surface area (Å²) in [6, 6.07) is 2.42. The van der Waals surface area contributed by atoms with E-state index in [1.54, 1.807) is 11.3 Å². The molecule has 116 valence electrons. The van der Waals surface area contributed by atoms with Gasteiger partial charge in [-0.2, -0.15) is 0 Å². The van der Waals surface area contributed by atoms with Gasteiger partial charge in [0.2, 0.25) is 0 Å². The van der Waals surface area contributed by atoms with E-state index in [4.69, 9.17) is 5.11 Å². The molecule has 1 amide bonds. The van der Waals surface area contributed by atoms with Gasteiger partial charge in [-0.1, -0.05) is 6.42 Å². The van der Waals surface area contributed by atoms with Crippen LogP contribution in [0.2, 0.25) is 0 Å². The van der Waals surface area contributed by atoms with Crippen LogP contribution in [0.15, 0.2) is 6.07 Å². The van der Waals surface area contributed by atoms with Crippen LogP contribution in [0.25, 0.3) is 0 Å². The minimum atomic E-state index is 0.112. The molecule has 0 saturated heterocycles. The Labute approximate surface area is 130 Å². The van der Waals surface area contributed by atoms with Crippen LogP contribution in [0.4, 0.5) is 0 Å². The Kier molecular flexibility index (Phi) is 4.96. The number of aliphatic hydroxyl groups is 1. The van der Waals surface area contributed by atoms with Crippen molar-refractivity contribution >= 4 is 17.2 Å². The van der Waals surface area contributed by atoms with Crippen molar-refractivity contribution in [3.63, 3.8) is 0 Å². The second kappa shape index (κ2) is 6.93. The average Bonchev–Trinajstić information content (AvgIpc) is 2.79. The molecule has 1 aromatic heterocycles. The molecule has 0 bridgehead atoms. The molecule has 4 heteroatoms. The fourth-order valence-electron chi connectivity index (χ4n) is 3.53. The highest BCUT2D eigenvalue weighted by molar-refractivity contribution is 7.14. The Balaban J connectivity index is 1.58. The number of hydrogen-bond donors (Lipinski definition) is 2. The Morgan fingerprint density at radius 1 is 1.19 bits per heavy atom. The van der Waals surface area contributed by atoms with Crippen LogP contribution in [0.5, 0.6) is 0 Å². The van der Waals surface area contributed by atoms with Crippen LogP contribution >= 0.6 is 11.3 Å². The quantitative estimate of drug-likeness (QED) is 0.842. The van der Waals surface area contributed by atoms with Crippen molar-refractivity contribution in [2.75, 3.05) is 6.61 Å². The van der Waals surface area contributed by atoms with E-state index >= 15 is 0 Å². The molecule has 0 unspecified atom stereocenters. The third-order valence-corrected chi connectivity index (χ3v) is 6.15. The molecule has 0 aromatic carbocycles. The van der Waals surface area contributed by atoms with Crippen LogP contribution in [0.3, 0.4) is 0 Å². The lowest BCUT2D eigenvalue weighted by Crippen LogP contribution is -2.37. The van der Waals surface area contributed by atoms with Crippen LogP contribution in [-0.2, 0) is 12.8 Å². The molecular weight excluding hydrogens is 282 g/mol. The van der Waals surface area contributed by atoms with E-state index in [-0.39, 0.29) is 12.5 Å². The average molecular weight is 307 g/mol. The number of hydrogen-bond acceptors (Lipinski definition) is 3. The summed E-state index contributed by atoms with van der Waals surface area (Å²) in [5, 5.41) is 12.4. The highest BCUT2D eigenvalue weighted by atomic mass is 32.1. The van der Waals surface area contributed by atoms with E-state index in [1.165, 1.54) is 29.7 Å². The van der Waals surface area contributed by atoms with Crippen LogP contribution in [-0.4, -0.2) is 23.7 Å². The van der Waals surface area contributed by atoms with Gasteiger partial charge in [0.1, 0.15) is 0 Å². The molecule has 1 saturated carbocycles. The molecule has 3 nitrogen and oxygen atoms in total.